The number of fused-ring (bicyclic) bond motifs is 3. The van der Waals surface area contributed by atoms with E-state index < -0.39 is 155 Å². The third-order valence-corrected chi connectivity index (χ3v) is 15.0. The van der Waals surface area contributed by atoms with Crippen molar-refractivity contribution in [3.63, 3.8) is 0 Å². The molecule has 0 radical (unpaired) electrons. The predicted molar refractivity (Wildman–Crippen MR) is 231 cm³/mol. The summed E-state index contributed by atoms with van der Waals surface area (Å²) in [5, 5.41) is 64.0. The van der Waals surface area contributed by atoms with E-state index in [1.54, 1.807) is 12.3 Å². The molecule has 6 aliphatic rings. The average molecular weight is 1010 g/mol. The molecule has 0 aromatic carbocycles. The van der Waals surface area contributed by atoms with Gasteiger partial charge in [-0.15, -0.1) is 0 Å². The van der Waals surface area contributed by atoms with Gasteiger partial charge in [-0.3, -0.25) is 69.2 Å². The van der Waals surface area contributed by atoms with Crippen LogP contribution in [0.4, 0.5) is 0 Å². The van der Waals surface area contributed by atoms with Gasteiger partial charge in [0.15, 0.2) is 36.1 Å². The van der Waals surface area contributed by atoms with Gasteiger partial charge in [-0.2, -0.15) is 0 Å². The lowest BCUT2D eigenvalue weighted by Crippen LogP contribution is -2.66. The van der Waals surface area contributed by atoms with Crippen molar-refractivity contribution in [1.29, 1.82) is 0 Å². The van der Waals surface area contributed by atoms with Crippen molar-refractivity contribution in [3.05, 3.63) is 88.1 Å². The molecule has 2 saturated carbocycles. The number of hydrogen-bond acceptors (Lipinski definition) is 23. The van der Waals surface area contributed by atoms with E-state index in [1.165, 1.54) is 5.56 Å². The summed E-state index contributed by atoms with van der Waals surface area (Å²) in [7, 11) is 0. The first-order chi connectivity index (χ1) is 33.1. The molecule has 0 bridgehead atoms. The predicted octanol–water partition coefficient (Wildman–Crippen LogP) is 2.54. The Morgan fingerprint density at radius 3 is 1.82 bits per heavy atom. The maximum atomic E-state index is 14.0. The molecule has 7 rings (SSSR count). The van der Waals surface area contributed by atoms with Crippen LogP contribution in [0, 0.1) is 68.0 Å². The maximum Gasteiger partial charge on any atom is 0.313 e. The fourth-order valence-corrected chi connectivity index (χ4v) is 11.8. The van der Waals surface area contributed by atoms with Crippen LogP contribution in [0.2, 0.25) is 0 Å². The van der Waals surface area contributed by atoms with Crippen LogP contribution in [0.3, 0.4) is 0 Å². The van der Waals surface area contributed by atoms with Gasteiger partial charge >= 0.3 is 23.9 Å². The van der Waals surface area contributed by atoms with Gasteiger partial charge in [-0.1, -0.05) is 19.9 Å². The summed E-state index contributed by atoms with van der Waals surface area (Å²) in [5.41, 5.74) is -1.40. The summed E-state index contributed by atoms with van der Waals surface area (Å²) < 4.78 is 37.0. The minimum Gasteiger partial charge on any atom is -0.504 e. The van der Waals surface area contributed by atoms with Crippen LogP contribution in [0.5, 0.6) is 0 Å². The van der Waals surface area contributed by atoms with Crippen molar-refractivity contribution >= 4 is 35.4 Å². The molecule has 27 nitrogen and oxygen atoms in total. The summed E-state index contributed by atoms with van der Waals surface area (Å²) in [6.07, 6.45) is -3.41. The van der Waals surface area contributed by atoms with Gasteiger partial charge in [-0.25, -0.2) is 0 Å². The molecule has 0 amide bonds. The zero-order chi connectivity index (χ0) is 52.6. The number of allylic oxidation sites excluding steroid dienone is 4. The van der Waals surface area contributed by atoms with Crippen LogP contribution in [-0.2, 0) is 57.2 Å². The van der Waals surface area contributed by atoms with Crippen LogP contribution < -0.4 is 0 Å². The van der Waals surface area contributed by atoms with Crippen molar-refractivity contribution in [1.82, 2.24) is 0 Å². The first-order valence-corrected chi connectivity index (χ1v) is 22.6. The summed E-state index contributed by atoms with van der Waals surface area (Å²) in [5.74, 6) is -5.38. The zero-order valence-electron chi connectivity index (χ0n) is 39.2. The number of carbonyl (C=O) groups is 6. The van der Waals surface area contributed by atoms with Crippen LogP contribution in [0.25, 0.3) is 0 Å². The topological polar surface area (TPSA) is 387 Å². The number of ketones is 2. The second-order valence-electron chi connectivity index (χ2n) is 19.4. The molecule has 3 heterocycles. The highest BCUT2D eigenvalue weighted by atomic mass is 16.7. The quantitative estimate of drug-likeness (QED) is 0.0701. The first kappa shape index (κ1) is 53.6. The van der Waals surface area contributed by atoms with E-state index in [0.29, 0.717) is 5.57 Å². The van der Waals surface area contributed by atoms with E-state index in [2.05, 4.69) is 13.8 Å². The second-order valence-corrected chi connectivity index (χ2v) is 19.4. The van der Waals surface area contributed by atoms with Crippen molar-refractivity contribution < 1.29 is 91.5 Å². The monoisotopic (exact) mass is 1010 g/mol. The maximum absolute atomic E-state index is 14.0. The Morgan fingerprint density at radius 1 is 0.775 bits per heavy atom. The molecular formula is C44H54N4O23. The number of nitrogens with zero attached hydrogens (tertiary/aromatic N) is 4. The Balaban J connectivity index is 0.000000238. The zero-order valence-corrected chi connectivity index (χ0v) is 39.2. The highest BCUT2D eigenvalue weighted by Gasteiger charge is 2.87. The van der Waals surface area contributed by atoms with E-state index in [-0.39, 0.29) is 40.7 Å². The minimum absolute atomic E-state index is 0.00527. The molecule has 12 atom stereocenters. The number of Topliss-reactive ketones (excluding diaryl/α,β-unsaturated/α-hetero) is 1. The molecule has 2 saturated heterocycles. The SMILES string of the molecule is CC1(C)C(=O)C=CC2(C)C1=C(O)C(=O)C1(C)C2CCC2(C)C(c3ccoc3)CC3OC321.O=C(CC[N+](=O)[O-])OCC1OC(O)C(OC(=O)CC[N+](=O)[O-])C(OC(=O)CC[N+](=O)[O-])C1OC(=O)CC[N+](=O)[O-]. The molecule has 2 N–H and O–H groups in total. The number of carbonyl (C=O) groups excluding carboxylic acids is 6. The Bertz CT molecular complexity index is 2420. The lowest BCUT2D eigenvalue weighted by atomic mass is 9.39. The summed E-state index contributed by atoms with van der Waals surface area (Å²) in [6, 6.07) is 2.03. The Morgan fingerprint density at radius 2 is 1.30 bits per heavy atom. The fourth-order valence-electron chi connectivity index (χ4n) is 11.8. The molecule has 1 aromatic heterocycles. The third kappa shape index (κ3) is 9.98. The van der Waals surface area contributed by atoms with Crippen molar-refractivity contribution in [2.45, 2.75) is 128 Å². The molecule has 71 heavy (non-hydrogen) atoms. The molecule has 1 spiro atoms. The van der Waals surface area contributed by atoms with Gasteiger partial charge in [0.25, 0.3) is 0 Å². The number of rotatable bonds is 18. The number of aliphatic hydroxyl groups is 2. The third-order valence-electron chi connectivity index (χ3n) is 15.0. The highest BCUT2D eigenvalue weighted by molar-refractivity contribution is 6.06. The molecule has 388 valence electrons. The average Bonchev–Trinajstić information content (AvgIpc) is 3.64. The van der Waals surface area contributed by atoms with Crippen molar-refractivity contribution in [3.8, 4) is 0 Å². The van der Waals surface area contributed by atoms with E-state index >= 15 is 0 Å². The molecule has 12 unspecified atom stereocenters. The number of nitro groups is 4. The van der Waals surface area contributed by atoms with Crippen LogP contribution in [0.1, 0.15) is 91.0 Å². The fraction of sp³-hybridized carbons (Fsp3) is 0.682. The standard InChI is InChI=1S/C26H30O5.C18H24N4O18/c1-22(2)17(27)7-9-23(3)16-6-10-24(4)15(14-8-11-30-13-14)12-18-26(24,31-18)25(16,5)21(29)19(28)20(22)23;23-11(1-5-19(28)29)36-9-10-15(38-12(24)2-6-20(30)31)16(39-13(25)3-7-21(32)33)17(18(27)37-10)40-14(26)4-8-22(34)35/h7-9,11,13,15-16,18,28H,6,10,12H2,1-5H3;10,15-18,27H,1-9H2. The largest absolute Gasteiger partial charge is 0.504 e. The summed E-state index contributed by atoms with van der Waals surface area (Å²) >= 11 is 0. The van der Waals surface area contributed by atoms with Gasteiger partial charge in [0.2, 0.25) is 32.0 Å². The van der Waals surface area contributed by atoms with Gasteiger partial charge in [0.1, 0.15) is 44.0 Å². The number of ether oxygens (including phenoxy) is 6. The summed E-state index contributed by atoms with van der Waals surface area (Å²) in [4.78, 5) is 114. The lowest BCUT2D eigenvalue weighted by molar-refractivity contribution is -0.479. The molecular weight excluding hydrogens is 952 g/mol. The normalized spacial score (nSPS) is 33.9. The van der Waals surface area contributed by atoms with Crippen LogP contribution >= 0.6 is 0 Å². The van der Waals surface area contributed by atoms with Crippen molar-refractivity contribution in [2.75, 3.05) is 32.8 Å². The van der Waals surface area contributed by atoms with Crippen molar-refractivity contribution in [2.24, 2.45) is 27.6 Å². The Labute approximate surface area is 402 Å². The number of epoxide rings is 1. The highest BCUT2D eigenvalue weighted by Crippen LogP contribution is 2.81. The number of hydrogen-bond donors (Lipinski definition) is 2. The number of esters is 4. The summed E-state index contributed by atoms with van der Waals surface area (Å²) in [6.45, 7) is 5.56. The smallest absolute Gasteiger partial charge is 0.313 e. The second kappa shape index (κ2) is 20.2. The van der Waals surface area contributed by atoms with E-state index in [1.807, 2.05) is 39.2 Å². The molecule has 4 aliphatic carbocycles. The minimum atomic E-state index is -2.22. The van der Waals surface area contributed by atoms with Gasteiger partial charge in [0, 0.05) is 30.5 Å². The van der Waals surface area contributed by atoms with Crippen LogP contribution in [-0.4, -0.2) is 141 Å². The molecule has 1 aromatic rings. The van der Waals surface area contributed by atoms with E-state index in [9.17, 15) is 79.4 Å². The molecule has 2 aliphatic heterocycles. The van der Waals surface area contributed by atoms with Crippen LogP contribution in [0.15, 0.2) is 46.5 Å². The number of furan rings is 1. The lowest BCUT2D eigenvalue weighted by Gasteiger charge is -2.62. The molecule has 4 fully saturated rings. The van der Waals surface area contributed by atoms with Gasteiger partial charge in [-0.05, 0) is 75.1 Å². The first-order valence-electron chi connectivity index (χ1n) is 22.6. The van der Waals surface area contributed by atoms with E-state index in [0.717, 1.165) is 19.3 Å². The van der Waals surface area contributed by atoms with Gasteiger partial charge < -0.3 is 43.1 Å². The Kier molecular flexibility index (Phi) is 15.2. The molecule has 27 heteroatoms. The van der Waals surface area contributed by atoms with E-state index in [4.69, 9.17) is 32.8 Å². The van der Waals surface area contributed by atoms with Gasteiger partial charge in [0.05, 0.1) is 29.5 Å². The number of aliphatic hydroxyl groups excluding tert-OH is 2. The Hall–Kier alpha value is -6.74.